The molecule has 2 fully saturated rings. The molecule has 0 unspecified atom stereocenters. The molecule has 21 heavy (non-hydrogen) atoms. The Morgan fingerprint density at radius 2 is 2.43 bits per heavy atom. The van der Waals surface area contributed by atoms with Crippen molar-refractivity contribution in [1.82, 2.24) is 4.90 Å². The zero-order valence-corrected chi connectivity index (χ0v) is 14.4. The number of rotatable bonds is 4. The molecule has 0 aromatic rings. The molecule has 0 aromatic carbocycles. The minimum atomic E-state index is -0.725. The lowest BCUT2D eigenvalue weighted by Crippen LogP contribution is -2.60. The fraction of sp³-hybridized carbons (Fsp3) is 0.692. The van der Waals surface area contributed by atoms with Crippen LogP contribution in [0.25, 0.3) is 0 Å². The van der Waals surface area contributed by atoms with Crippen molar-refractivity contribution in [2.75, 3.05) is 11.2 Å². The first-order valence-electron chi connectivity index (χ1n) is 6.83. The van der Waals surface area contributed by atoms with E-state index in [-0.39, 0.29) is 22.0 Å². The van der Waals surface area contributed by atoms with Crippen molar-refractivity contribution >= 4 is 46.2 Å². The number of esters is 1. The predicted octanol–water partition coefficient (Wildman–Crippen LogP) is 1.22. The highest BCUT2D eigenvalue weighted by Crippen LogP contribution is 2.52. The van der Waals surface area contributed by atoms with Gasteiger partial charge in [0.1, 0.15) is 15.7 Å². The lowest BCUT2D eigenvalue weighted by molar-refractivity contribution is -0.157. The number of ether oxygens (including phenoxy) is 2. The van der Waals surface area contributed by atoms with Gasteiger partial charge < -0.3 is 14.6 Å². The molecule has 3 heterocycles. The van der Waals surface area contributed by atoms with Crippen molar-refractivity contribution in [1.29, 1.82) is 0 Å². The van der Waals surface area contributed by atoms with E-state index in [4.69, 9.17) is 9.47 Å². The van der Waals surface area contributed by atoms with Gasteiger partial charge in [0, 0.05) is 11.5 Å². The maximum atomic E-state index is 12.2. The van der Waals surface area contributed by atoms with Crippen molar-refractivity contribution in [3.63, 3.8) is 0 Å². The van der Waals surface area contributed by atoms with Crippen LogP contribution in [-0.2, 0) is 19.1 Å². The van der Waals surface area contributed by atoms with E-state index >= 15 is 0 Å². The number of hydrogen-bond donors (Lipinski definition) is 1. The van der Waals surface area contributed by atoms with Gasteiger partial charge in [0.25, 0.3) is 0 Å². The Morgan fingerprint density at radius 1 is 1.67 bits per heavy atom. The number of nitrogens with zero attached hydrogens (tertiary/aromatic N) is 1. The topological polar surface area (TPSA) is 76.1 Å². The summed E-state index contributed by atoms with van der Waals surface area (Å²) in [6, 6.07) is 0. The summed E-state index contributed by atoms with van der Waals surface area (Å²) in [6.07, 6.45) is 0.927. The normalized spacial score (nSPS) is 33.0. The Morgan fingerprint density at radius 3 is 3.00 bits per heavy atom. The van der Waals surface area contributed by atoms with Gasteiger partial charge in [-0.1, -0.05) is 11.8 Å². The van der Waals surface area contributed by atoms with E-state index in [0.29, 0.717) is 12.3 Å². The van der Waals surface area contributed by atoms with Gasteiger partial charge >= 0.3 is 5.97 Å². The van der Waals surface area contributed by atoms with Crippen LogP contribution in [0, 0.1) is 5.92 Å². The average Bonchev–Trinajstić information content (AvgIpc) is 3.03. The number of halogens is 1. The Balaban J connectivity index is 1.90. The first-order valence-corrected chi connectivity index (χ1v) is 9.23. The van der Waals surface area contributed by atoms with E-state index in [9.17, 15) is 14.7 Å². The second kappa shape index (κ2) is 6.05. The molecule has 0 aliphatic carbocycles. The summed E-state index contributed by atoms with van der Waals surface area (Å²) < 4.78 is 11.0. The molecule has 0 saturated carbocycles. The van der Waals surface area contributed by atoms with Gasteiger partial charge in [-0.3, -0.25) is 9.69 Å². The molecule has 0 bridgehead atoms. The fourth-order valence-electron chi connectivity index (χ4n) is 2.93. The van der Waals surface area contributed by atoms with E-state index in [1.54, 1.807) is 6.92 Å². The molecule has 3 rings (SSSR count). The molecule has 0 spiro atoms. The molecular weight excluding hydrogens is 409 g/mol. The number of aliphatic hydroxyl groups is 1. The number of carbonyl (C=O) groups is 2. The van der Waals surface area contributed by atoms with E-state index < -0.39 is 18.0 Å². The van der Waals surface area contributed by atoms with Crippen LogP contribution in [0.5, 0.6) is 0 Å². The van der Waals surface area contributed by atoms with Gasteiger partial charge in [-0.2, -0.15) is 0 Å². The molecular formula is C13H16INO5S. The summed E-state index contributed by atoms with van der Waals surface area (Å²) in [6.45, 7) is 2.27. The standard InChI is InChI=1S/C13H16INO5S/c1-6(16)8-11(17)15-9(13(18)20-5-14)10(21-12(8)15)7-3-2-4-19-7/h6-8,12,16H,2-5H2,1H3/t6-,7-,8+,12-/m1/s1. The van der Waals surface area contributed by atoms with Crippen molar-refractivity contribution in [2.45, 2.75) is 37.3 Å². The van der Waals surface area contributed by atoms with Gasteiger partial charge in [-0.25, -0.2) is 4.79 Å². The van der Waals surface area contributed by atoms with E-state index in [2.05, 4.69) is 0 Å². The zero-order valence-electron chi connectivity index (χ0n) is 11.5. The molecule has 2 saturated heterocycles. The first-order chi connectivity index (χ1) is 10.1. The van der Waals surface area contributed by atoms with Gasteiger partial charge in [-0.05, 0) is 42.4 Å². The molecule has 116 valence electrons. The highest BCUT2D eigenvalue weighted by molar-refractivity contribution is 14.1. The summed E-state index contributed by atoms with van der Waals surface area (Å²) in [5.74, 6) is -1.16. The van der Waals surface area contributed by atoms with Crippen molar-refractivity contribution < 1.29 is 24.2 Å². The third kappa shape index (κ3) is 2.49. The molecule has 6 nitrogen and oxygen atoms in total. The third-order valence-electron chi connectivity index (χ3n) is 3.93. The smallest absolute Gasteiger partial charge is 0.356 e. The summed E-state index contributed by atoms with van der Waals surface area (Å²) in [5.41, 5.74) is 0.315. The lowest BCUT2D eigenvalue weighted by atomic mass is 9.92. The largest absolute Gasteiger partial charge is 0.450 e. The van der Waals surface area contributed by atoms with Crippen LogP contribution < -0.4 is 0 Å². The van der Waals surface area contributed by atoms with Crippen molar-refractivity contribution in [2.24, 2.45) is 5.92 Å². The number of thioether (sulfide) groups is 1. The summed E-state index contributed by atoms with van der Waals surface area (Å²) in [7, 11) is 0. The Hall–Kier alpha value is -0.320. The van der Waals surface area contributed by atoms with Crippen molar-refractivity contribution in [3.8, 4) is 0 Å². The lowest BCUT2D eigenvalue weighted by Gasteiger charge is -2.43. The highest BCUT2D eigenvalue weighted by Gasteiger charge is 2.58. The predicted molar refractivity (Wildman–Crippen MR) is 84.4 cm³/mol. The van der Waals surface area contributed by atoms with Crippen molar-refractivity contribution in [3.05, 3.63) is 10.6 Å². The molecule has 4 atom stereocenters. The Kier molecular flexibility index (Phi) is 4.49. The molecule has 3 aliphatic heterocycles. The minimum absolute atomic E-state index is 0.139. The summed E-state index contributed by atoms with van der Waals surface area (Å²) >= 11 is 3.40. The molecule has 0 radical (unpaired) electrons. The number of fused-ring (bicyclic) bond motifs is 1. The minimum Gasteiger partial charge on any atom is -0.450 e. The van der Waals surface area contributed by atoms with Gasteiger partial charge in [0.05, 0.1) is 18.1 Å². The number of carbonyl (C=O) groups excluding carboxylic acids is 2. The zero-order chi connectivity index (χ0) is 15.1. The second-order valence-electron chi connectivity index (χ2n) is 5.24. The maximum absolute atomic E-state index is 12.2. The maximum Gasteiger partial charge on any atom is 0.356 e. The second-order valence-corrected chi connectivity index (χ2v) is 7.02. The molecule has 1 amide bonds. The molecule has 3 aliphatic rings. The number of β-lactam (4-membered cyclic amide) rings is 1. The number of alkyl halides is 1. The number of aliphatic hydroxyl groups excluding tert-OH is 1. The summed E-state index contributed by atoms with van der Waals surface area (Å²) in [5, 5.41) is 9.53. The Labute approximate surface area is 140 Å². The van der Waals surface area contributed by atoms with E-state index in [0.717, 1.165) is 17.7 Å². The van der Waals surface area contributed by atoms with Crippen LogP contribution >= 0.6 is 34.4 Å². The monoisotopic (exact) mass is 425 g/mol. The van der Waals surface area contributed by atoms with Crippen LogP contribution in [0.4, 0.5) is 0 Å². The van der Waals surface area contributed by atoms with Crippen LogP contribution in [0.3, 0.4) is 0 Å². The van der Waals surface area contributed by atoms with Crippen LogP contribution in [0.15, 0.2) is 10.6 Å². The number of hydrogen-bond acceptors (Lipinski definition) is 6. The molecule has 0 aromatic heterocycles. The summed E-state index contributed by atoms with van der Waals surface area (Å²) in [4.78, 5) is 26.7. The molecule has 8 heteroatoms. The van der Waals surface area contributed by atoms with Crippen LogP contribution in [-0.4, -0.2) is 50.7 Å². The SMILES string of the molecule is C[C@@H](O)[C@H]1C(=O)N2C(C(=O)OCI)=C([C@H]3CCCO3)S[C@H]12. The highest BCUT2D eigenvalue weighted by atomic mass is 127. The quantitative estimate of drug-likeness (QED) is 0.316. The molecule has 1 N–H and O–H groups in total. The number of amides is 1. The Bertz CT molecular complexity index is 503. The first kappa shape index (κ1) is 15.6. The van der Waals surface area contributed by atoms with E-state index in [1.165, 1.54) is 16.7 Å². The fourth-order valence-corrected chi connectivity index (χ4v) is 4.91. The third-order valence-corrected chi connectivity index (χ3v) is 5.69. The van der Waals surface area contributed by atoms with Gasteiger partial charge in [0.2, 0.25) is 5.91 Å². The van der Waals surface area contributed by atoms with E-state index in [1.807, 2.05) is 22.6 Å². The van der Waals surface area contributed by atoms with Crippen LogP contribution in [0.2, 0.25) is 0 Å². The van der Waals surface area contributed by atoms with Gasteiger partial charge in [0.15, 0.2) is 0 Å². The van der Waals surface area contributed by atoms with Gasteiger partial charge in [-0.15, -0.1) is 0 Å². The van der Waals surface area contributed by atoms with Crippen LogP contribution in [0.1, 0.15) is 19.8 Å². The average molecular weight is 425 g/mol.